The molecular weight excluding hydrogens is 326 g/mol. The lowest BCUT2D eigenvalue weighted by Gasteiger charge is -2.16. The van der Waals surface area contributed by atoms with Crippen molar-refractivity contribution in [2.75, 3.05) is 19.5 Å². The summed E-state index contributed by atoms with van der Waals surface area (Å²) in [5.74, 6) is 0.680. The number of benzene rings is 2. The van der Waals surface area contributed by atoms with Crippen LogP contribution in [0.3, 0.4) is 0 Å². The zero-order valence-corrected chi connectivity index (χ0v) is 15.3. The smallest absolute Gasteiger partial charge is 0.219 e. The van der Waals surface area contributed by atoms with Crippen molar-refractivity contribution in [3.63, 3.8) is 0 Å². The molecule has 0 aliphatic rings. The summed E-state index contributed by atoms with van der Waals surface area (Å²) in [6.45, 7) is 2.76. The molecule has 0 radical (unpaired) electrons. The molecule has 0 aliphatic heterocycles. The number of fused-ring (bicyclic) bond motifs is 1. The zero-order chi connectivity index (χ0) is 18.5. The number of nitrogens with one attached hydrogen (secondary N) is 1. The highest BCUT2D eigenvalue weighted by Crippen LogP contribution is 2.23. The lowest BCUT2D eigenvalue weighted by Crippen LogP contribution is -2.23. The minimum Gasteiger partial charge on any atom is -0.481 e. The van der Waals surface area contributed by atoms with Crippen LogP contribution in [0.1, 0.15) is 18.1 Å². The third-order valence-electron chi connectivity index (χ3n) is 4.32. The van der Waals surface area contributed by atoms with Gasteiger partial charge in [-0.05, 0) is 29.8 Å². The summed E-state index contributed by atoms with van der Waals surface area (Å²) >= 11 is 0. The molecule has 1 amide bonds. The molecule has 26 heavy (non-hydrogen) atoms. The van der Waals surface area contributed by atoms with Gasteiger partial charge in [-0.1, -0.05) is 30.3 Å². The van der Waals surface area contributed by atoms with Gasteiger partial charge in [0.1, 0.15) is 0 Å². The molecule has 2 aromatic carbocycles. The van der Waals surface area contributed by atoms with E-state index in [0.29, 0.717) is 19.0 Å². The van der Waals surface area contributed by atoms with Crippen LogP contribution in [0.15, 0.2) is 54.6 Å². The van der Waals surface area contributed by atoms with Crippen molar-refractivity contribution >= 4 is 22.5 Å². The van der Waals surface area contributed by atoms with Gasteiger partial charge in [0.2, 0.25) is 11.8 Å². The van der Waals surface area contributed by atoms with Gasteiger partial charge in [-0.25, -0.2) is 4.98 Å². The van der Waals surface area contributed by atoms with E-state index in [9.17, 15) is 4.79 Å². The number of amides is 1. The second kappa shape index (κ2) is 7.87. The number of aromatic nitrogens is 1. The number of carbonyl (C=O) groups excluding carboxylic acids is 1. The second-order valence-electron chi connectivity index (χ2n) is 6.28. The van der Waals surface area contributed by atoms with Crippen LogP contribution in [-0.2, 0) is 17.9 Å². The van der Waals surface area contributed by atoms with E-state index in [2.05, 4.69) is 22.4 Å². The number of anilines is 1. The highest BCUT2D eigenvalue weighted by atomic mass is 16.5. The van der Waals surface area contributed by atoms with Gasteiger partial charge in [-0.2, -0.15) is 0 Å². The fourth-order valence-electron chi connectivity index (χ4n) is 2.81. The first-order valence-electron chi connectivity index (χ1n) is 8.54. The molecule has 3 rings (SSSR count). The van der Waals surface area contributed by atoms with Crippen LogP contribution in [0.4, 0.5) is 5.69 Å². The molecule has 0 aliphatic carbocycles. The maximum atomic E-state index is 11.4. The molecule has 1 heterocycles. The molecule has 0 unspecified atom stereocenters. The number of hydrogen-bond acceptors (Lipinski definition) is 4. The van der Waals surface area contributed by atoms with E-state index in [1.807, 2.05) is 42.5 Å². The summed E-state index contributed by atoms with van der Waals surface area (Å²) in [5, 5.41) is 4.50. The van der Waals surface area contributed by atoms with Crippen LogP contribution in [0.25, 0.3) is 10.9 Å². The lowest BCUT2D eigenvalue weighted by molar-refractivity contribution is -0.128. The van der Waals surface area contributed by atoms with Gasteiger partial charge < -0.3 is 15.0 Å². The van der Waals surface area contributed by atoms with Crippen LogP contribution in [0, 0.1) is 0 Å². The topological polar surface area (TPSA) is 54.5 Å². The number of methoxy groups -OCH3 is 1. The number of carbonyl (C=O) groups is 1. The van der Waals surface area contributed by atoms with Gasteiger partial charge >= 0.3 is 0 Å². The quantitative estimate of drug-likeness (QED) is 0.735. The second-order valence-corrected chi connectivity index (χ2v) is 6.28. The van der Waals surface area contributed by atoms with Crippen molar-refractivity contribution in [2.24, 2.45) is 0 Å². The number of nitrogens with zero attached hydrogens (tertiary/aromatic N) is 2. The molecule has 5 nitrogen and oxygen atoms in total. The van der Waals surface area contributed by atoms with Crippen LogP contribution >= 0.6 is 0 Å². The fourth-order valence-corrected chi connectivity index (χ4v) is 2.81. The predicted octanol–water partition coefficient (Wildman–Crippen LogP) is 3.83. The summed E-state index contributed by atoms with van der Waals surface area (Å²) in [5.41, 5.74) is 3.99. The van der Waals surface area contributed by atoms with Crippen molar-refractivity contribution in [1.82, 2.24) is 9.88 Å². The Kier molecular flexibility index (Phi) is 5.37. The van der Waals surface area contributed by atoms with Gasteiger partial charge in [0.05, 0.1) is 12.6 Å². The molecule has 0 spiro atoms. The normalized spacial score (nSPS) is 10.6. The Balaban J connectivity index is 1.76. The highest BCUT2D eigenvalue weighted by Gasteiger charge is 2.08. The zero-order valence-electron chi connectivity index (χ0n) is 15.3. The Morgan fingerprint density at radius 2 is 1.96 bits per heavy atom. The largest absolute Gasteiger partial charge is 0.481 e. The first kappa shape index (κ1) is 17.7. The maximum Gasteiger partial charge on any atom is 0.219 e. The van der Waals surface area contributed by atoms with Crippen molar-refractivity contribution in [3.05, 3.63) is 65.7 Å². The van der Waals surface area contributed by atoms with E-state index in [-0.39, 0.29) is 5.91 Å². The van der Waals surface area contributed by atoms with Crippen molar-refractivity contribution < 1.29 is 9.53 Å². The van der Waals surface area contributed by atoms with Crippen molar-refractivity contribution in [3.8, 4) is 5.88 Å². The van der Waals surface area contributed by atoms with Gasteiger partial charge in [0.15, 0.2) is 0 Å². The summed E-state index contributed by atoms with van der Waals surface area (Å²) < 4.78 is 5.45. The predicted molar refractivity (Wildman–Crippen MR) is 104 cm³/mol. The van der Waals surface area contributed by atoms with Gasteiger partial charge in [0, 0.05) is 43.7 Å². The highest BCUT2D eigenvalue weighted by molar-refractivity contribution is 5.80. The van der Waals surface area contributed by atoms with Gasteiger partial charge in [0.25, 0.3) is 0 Å². The van der Waals surface area contributed by atoms with E-state index in [4.69, 9.17) is 4.74 Å². The Bertz CT molecular complexity index is 924. The van der Waals surface area contributed by atoms with Crippen LogP contribution in [0.2, 0.25) is 0 Å². The summed E-state index contributed by atoms with van der Waals surface area (Å²) in [4.78, 5) is 17.7. The first-order valence-corrected chi connectivity index (χ1v) is 8.54. The van der Waals surface area contributed by atoms with E-state index >= 15 is 0 Å². The van der Waals surface area contributed by atoms with E-state index in [1.165, 1.54) is 0 Å². The summed E-state index contributed by atoms with van der Waals surface area (Å²) in [6.07, 6.45) is 0. The van der Waals surface area contributed by atoms with E-state index in [0.717, 1.165) is 27.7 Å². The average molecular weight is 349 g/mol. The molecule has 0 atom stereocenters. The molecule has 0 bridgehead atoms. The van der Waals surface area contributed by atoms with Crippen LogP contribution in [-0.4, -0.2) is 29.9 Å². The monoisotopic (exact) mass is 349 g/mol. The Morgan fingerprint density at radius 3 is 2.73 bits per heavy atom. The minimum absolute atomic E-state index is 0.0512. The van der Waals surface area contributed by atoms with Gasteiger partial charge in [-0.15, -0.1) is 0 Å². The minimum atomic E-state index is 0.0512. The Labute approximate surface area is 153 Å². The number of rotatable bonds is 6. The fraction of sp³-hybridized carbons (Fsp3) is 0.238. The van der Waals surface area contributed by atoms with E-state index in [1.54, 1.807) is 26.0 Å². The lowest BCUT2D eigenvalue weighted by atomic mass is 10.1. The number of ether oxygens (including phenoxy) is 1. The van der Waals surface area contributed by atoms with Crippen molar-refractivity contribution in [1.29, 1.82) is 0 Å². The summed E-state index contributed by atoms with van der Waals surface area (Å²) in [7, 11) is 3.44. The standard InChI is InChI=1S/C21H23N3O2/c1-15(25)24(2)14-16-7-6-9-19(11-16)22-13-18-12-17-8-4-5-10-20(17)23-21(18)26-3/h4-12,22H,13-14H2,1-3H3. The molecule has 1 N–H and O–H groups in total. The maximum absolute atomic E-state index is 11.4. The third-order valence-corrected chi connectivity index (χ3v) is 4.32. The molecular formula is C21H23N3O2. The molecule has 0 saturated heterocycles. The molecule has 0 saturated carbocycles. The molecule has 3 aromatic rings. The molecule has 134 valence electrons. The number of para-hydroxylation sites is 1. The van der Waals surface area contributed by atoms with E-state index < -0.39 is 0 Å². The molecule has 5 heteroatoms. The van der Waals surface area contributed by atoms with Gasteiger partial charge in [-0.3, -0.25) is 4.79 Å². The number of pyridine rings is 1. The Hall–Kier alpha value is -3.08. The average Bonchev–Trinajstić information content (AvgIpc) is 2.65. The Morgan fingerprint density at radius 1 is 1.15 bits per heavy atom. The van der Waals surface area contributed by atoms with Crippen LogP contribution < -0.4 is 10.1 Å². The summed E-state index contributed by atoms with van der Waals surface area (Å²) in [6, 6.07) is 18.2. The number of hydrogen-bond donors (Lipinski definition) is 1. The molecule has 1 aromatic heterocycles. The molecule has 0 fully saturated rings. The van der Waals surface area contributed by atoms with Crippen LogP contribution in [0.5, 0.6) is 5.88 Å². The third kappa shape index (κ3) is 4.11. The SMILES string of the molecule is COc1nc2ccccc2cc1CNc1cccc(CN(C)C(C)=O)c1. The van der Waals surface area contributed by atoms with Crippen molar-refractivity contribution in [2.45, 2.75) is 20.0 Å². The first-order chi connectivity index (χ1) is 12.6.